The molecule has 0 aliphatic rings. The number of carbonyl (C=O) groups is 1. The van der Waals surface area contributed by atoms with E-state index in [0.29, 0.717) is 36.6 Å². The number of hydrogen-bond donors (Lipinski definition) is 1. The molecule has 0 aliphatic carbocycles. The van der Waals surface area contributed by atoms with E-state index in [1.165, 1.54) is 6.26 Å². The van der Waals surface area contributed by atoms with Gasteiger partial charge in [0, 0.05) is 24.2 Å². The van der Waals surface area contributed by atoms with Gasteiger partial charge in [0.1, 0.15) is 12.0 Å². The van der Waals surface area contributed by atoms with Gasteiger partial charge in [-0.1, -0.05) is 39.0 Å². The Morgan fingerprint density at radius 1 is 1.21 bits per heavy atom. The Morgan fingerprint density at radius 2 is 1.93 bits per heavy atom. The molecule has 1 amide bonds. The van der Waals surface area contributed by atoms with Crippen LogP contribution in [0.25, 0.3) is 0 Å². The standard InChI is InChI=1S/C22H33N3O3/c1-7-16(4)23-22(26)19-14-28-21(24-19)13-25(17(5)15(2)3)12-18-10-8-9-11-20(18)27-6/h8-11,14-17H,7,12-13H2,1-6H3,(H,23,26)/t16-,17-/m1/s1. The predicted octanol–water partition coefficient (Wildman–Crippen LogP) is 4.26. The van der Waals surface area contributed by atoms with Crippen molar-refractivity contribution in [3.63, 3.8) is 0 Å². The van der Waals surface area contributed by atoms with Crippen molar-refractivity contribution in [3.05, 3.63) is 47.7 Å². The summed E-state index contributed by atoms with van der Waals surface area (Å²) in [5.74, 6) is 1.66. The Balaban J connectivity index is 2.16. The van der Waals surface area contributed by atoms with Gasteiger partial charge < -0.3 is 14.5 Å². The van der Waals surface area contributed by atoms with E-state index in [4.69, 9.17) is 9.15 Å². The third-order valence-corrected chi connectivity index (χ3v) is 5.22. The number of nitrogens with one attached hydrogen (secondary N) is 1. The molecule has 1 aromatic heterocycles. The van der Waals surface area contributed by atoms with E-state index in [0.717, 1.165) is 17.7 Å². The number of para-hydroxylation sites is 1. The monoisotopic (exact) mass is 387 g/mol. The van der Waals surface area contributed by atoms with Crippen LogP contribution in [0, 0.1) is 5.92 Å². The zero-order valence-corrected chi connectivity index (χ0v) is 17.9. The highest BCUT2D eigenvalue weighted by atomic mass is 16.5. The van der Waals surface area contributed by atoms with E-state index in [2.05, 4.69) is 42.0 Å². The molecular formula is C22H33N3O3. The molecule has 6 nitrogen and oxygen atoms in total. The van der Waals surface area contributed by atoms with E-state index in [9.17, 15) is 4.79 Å². The second kappa shape index (κ2) is 10.3. The molecule has 0 saturated heterocycles. The summed E-state index contributed by atoms with van der Waals surface area (Å²) in [5, 5.41) is 2.92. The molecule has 0 fully saturated rings. The topological polar surface area (TPSA) is 67.6 Å². The molecule has 0 unspecified atom stereocenters. The molecular weight excluding hydrogens is 354 g/mol. The third kappa shape index (κ3) is 5.83. The Bertz CT molecular complexity index is 757. The average Bonchev–Trinajstić information content (AvgIpc) is 3.15. The van der Waals surface area contributed by atoms with Gasteiger partial charge in [-0.15, -0.1) is 0 Å². The van der Waals surface area contributed by atoms with E-state index >= 15 is 0 Å². The molecule has 2 aromatic rings. The number of ether oxygens (including phenoxy) is 1. The van der Waals surface area contributed by atoms with Crippen LogP contribution in [0.3, 0.4) is 0 Å². The van der Waals surface area contributed by atoms with Crippen LogP contribution in [0.2, 0.25) is 0 Å². The third-order valence-electron chi connectivity index (χ3n) is 5.22. The van der Waals surface area contributed by atoms with Crippen molar-refractivity contribution < 1.29 is 13.9 Å². The van der Waals surface area contributed by atoms with Crippen LogP contribution in [-0.4, -0.2) is 35.0 Å². The number of methoxy groups -OCH3 is 1. The molecule has 0 saturated carbocycles. The number of amides is 1. The minimum atomic E-state index is -0.197. The molecule has 1 N–H and O–H groups in total. The maximum absolute atomic E-state index is 12.3. The maximum Gasteiger partial charge on any atom is 0.273 e. The molecule has 0 radical (unpaired) electrons. The first-order valence-corrected chi connectivity index (χ1v) is 9.96. The normalized spacial score (nSPS) is 13.6. The van der Waals surface area contributed by atoms with Crippen molar-refractivity contribution in [1.29, 1.82) is 0 Å². The zero-order chi connectivity index (χ0) is 20.7. The molecule has 0 bridgehead atoms. The summed E-state index contributed by atoms with van der Waals surface area (Å²) in [6, 6.07) is 8.42. The lowest BCUT2D eigenvalue weighted by Gasteiger charge is -2.31. The van der Waals surface area contributed by atoms with Gasteiger partial charge in [-0.3, -0.25) is 9.69 Å². The van der Waals surface area contributed by atoms with Gasteiger partial charge in [-0.05, 0) is 32.3 Å². The van der Waals surface area contributed by atoms with Gasteiger partial charge in [-0.25, -0.2) is 4.98 Å². The summed E-state index contributed by atoms with van der Waals surface area (Å²) in [7, 11) is 1.69. The van der Waals surface area contributed by atoms with Crippen LogP contribution in [0.15, 0.2) is 34.9 Å². The van der Waals surface area contributed by atoms with Crippen molar-refractivity contribution in [1.82, 2.24) is 15.2 Å². The van der Waals surface area contributed by atoms with Gasteiger partial charge in [0.25, 0.3) is 5.91 Å². The highest BCUT2D eigenvalue weighted by Gasteiger charge is 2.22. The van der Waals surface area contributed by atoms with Crippen LogP contribution < -0.4 is 10.1 Å². The molecule has 1 aromatic carbocycles. The maximum atomic E-state index is 12.3. The molecule has 0 spiro atoms. The van der Waals surface area contributed by atoms with Crippen LogP contribution in [-0.2, 0) is 13.1 Å². The molecule has 0 aliphatic heterocycles. The second-order valence-electron chi connectivity index (χ2n) is 7.61. The minimum absolute atomic E-state index is 0.107. The predicted molar refractivity (Wildman–Crippen MR) is 110 cm³/mol. The van der Waals surface area contributed by atoms with Gasteiger partial charge in [0.2, 0.25) is 5.89 Å². The summed E-state index contributed by atoms with van der Waals surface area (Å²) in [6.07, 6.45) is 2.31. The summed E-state index contributed by atoms with van der Waals surface area (Å²) < 4.78 is 11.1. The number of aromatic nitrogens is 1. The largest absolute Gasteiger partial charge is 0.496 e. The van der Waals surface area contributed by atoms with Gasteiger partial charge in [0.05, 0.1) is 13.7 Å². The SMILES string of the molecule is CC[C@@H](C)NC(=O)c1coc(CN(Cc2ccccc2OC)[C@H](C)C(C)C)n1. The van der Waals surface area contributed by atoms with E-state index < -0.39 is 0 Å². The Morgan fingerprint density at radius 3 is 2.57 bits per heavy atom. The summed E-state index contributed by atoms with van der Waals surface area (Å²) in [6.45, 7) is 11.8. The van der Waals surface area contributed by atoms with Crippen molar-refractivity contribution in [2.45, 2.75) is 66.2 Å². The highest BCUT2D eigenvalue weighted by Crippen LogP contribution is 2.23. The molecule has 2 rings (SSSR count). The molecule has 28 heavy (non-hydrogen) atoms. The fourth-order valence-electron chi connectivity index (χ4n) is 2.88. The number of oxazole rings is 1. The Hall–Kier alpha value is -2.34. The highest BCUT2D eigenvalue weighted by molar-refractivity contribution is 5.92. The van der Waals surface area contributed by atoms with Crippen LogP contribution >= 0.6 is 0 Å². The fraction of sp³-hybridized carbons (Fsp3) is 0.545. The lowest BCUT2D eigenvalue weighted by molar-refractivity contribution is 0.0934. The zero-order valence-electron chi connectivity index (χ0n) is 17.9. The van der Waals surface area contributed by atoms with Crippen molar-refractivity contribution >= 4 is 5.91 Å². The number of hydrogen-bond acceptors (Lipinski definition) is 5. The Labute approximate surface area is 168 Å². The second-order valence-corrected chi connectivity index (χ2v) is 7.61. The number of rotatable bonds is 10. The first-order valence-electron chi connectivity index (χ1n) is 9.96. The molecule has 2 atom stereocenters. The average molecular weight is 388 g/mol. The molecule has 154 valence electrons. The van der Waals surface area contributed by atoms with Crippen LogP contribution in [0.4, 0.5) is 0 Å². The van der Waals surface area contributed by atoms with Crippen molar-refractivity contribution in [2.24, 2.45) is 5.92 Å². The number of benzene rings is 1. The summed E-state index contributed by atoms with van der Waals surface area (Å²) >= 11 is 0. The fourth-order valence-corrected chi connectivity index (χ4v) is 2.88. The summed E-state index contributed by atoms with van der Waals surface area (Å²) in [5.41, 5.74) is 1.43. The Kier molecular flexibility index (Phi) is 8.05. The van der Waals surface area contributed by atoms with Crippen molar-refractivity contribution in [2.75, 3.05) is 7.11 Å². The van der Waals surface area contributed by atoms with Gasteiger partial charge in [0.15, 0.2) is 5.69 Å². The molecule has 6 heteroatoms. The van der Waals surface area contributed by atoms with Crippen LogP contribution in [0.1, 0.15) is 63.0 Å². The quantitative estimate of drug-likeness (QED) is 0.660. The van der Waals surface area contributed by atoms with Crippen molar-refractivity contribution in [3.8, 4) is 5.75 Å². The number of carbonyl (C=O) groups excluding carboxylic acids is 1. The van der Waals surface area contributed by atoms with Crippen LogP contribution in [0.5, 0.6) is 5.75 Å². The van der Waals surface area contributed by atoms with E-state index in [-0.39, 0.29) is 11.9 Å². The lowest BCUT2D eigenvalue weighted by Crippen LogP contribution is -2.36. The summed E-state index contributed by atoms with van der Waals surface area (Å²) in [4.78, 5) is 19.0. The first kappa shape index (κ1) is 22.0. The van der Waals surface area contributed by atoms with Gasteiger partial charge >= 0.3 is 0 Å². The van der Waals surface area contributed by atoms with E-state index in [1.54, 1.807) is 7.11 Å². The van der Waals surface area contributed by atoms with E-state index in [1.807, 2.05) is 32.0 Å². The lowest BCUT2D eigenvalue weighted by atomic mass is 10.0. The smallest absolute Gasteiger partial charge is 0.273 e. The minimum Gasteiger partial charge on any atom is -0.496 e. The first-order chi connectivity index (χ1) is 13.3. The van der Waals surface area contributed by atoms with Gasteiger partial charge in [-0.2, -0.15) is 0 Å². The molecule has 1 heterocycles. The number of nitrogens with zero attached hydrogens (tertiary/aromatic N) is 2.